The Hall–Kier alpha value is -1.75. The highest BCUT2D eigenvalue weighted by molar-refractivity contribution is 5.81. The average Bonchev–Trinajstić information content (AvgIpc) is 2.68. The van der Waals surface area contributed by atoms with Gasteiger partial charge in [0.05, 0.1) is 5.52 Å². The van der Waals surface area contributed by atoms with Crippen LogP contribution < -0.4 is 5.69 Å². The molecular formula is C12H14N2O3. The number of benzene rings is 1. The van der Waals surface area contributed by atoms with Gasteiger partial charge in [-0.05, 0) is 31.4 Å². The van der Waals surface area contributed by atoms with E-state index in [-0.39, 0.29) is 17.7 Å². The number of ether oxygens (including phenoxy) is 1. The van der Waals surface area contributed by atoms with Gasteiger partial charge in [-0.3, -0.25) is 4.57 Å². The van der Waals surface area contributed by atoms with Crippen molar-refractivity contribution in [1.29, 1.82) is 0 Å². The monoisotopic (exact) mass is 234 g/mol. The predicted octanol–water partition coefficient (Wildman–Crippen LogP) is 1.73. The van der Waals surface area contributed by atoms with E-state index < -0.39 is 0 Å². The zero-order chi connectivity index (χ0) is 11.8. The van der Waals surface area contributed by atoms with Gasteiger partial charge < -0.3 is 14.8 Å². The molecule has 1 unspecified atom stereocenters. The SMILES string of the molecule is O=c1[nH]c2c(O)cccc2n1C1CCCCO1. The van der Waals surface area contributed by atoms with Gasteiger partial charge in [-0.15, -0.1) is 0 Å². The number of H-pyrrole nitrogens is 1. The van der Waals surface area contributed by atoms with E-state index in [2.05, 4.69) is 4.98 Å². The Morgan fingerprint density at radius 1 is 1.41 bits per heavy atom. The van der Waals surface area contributed by atoms with Crippen LogP contribution in [0.3, 0.4) is 0 Å². The van der Waals surface area contributed by atoms with E-state index in [1.165, 1.54) is 0 Å². The molecule has 1 atom stereocenters. The highest BCUT2D eigenvalue weighted by Gasteiger charge is 2.20. The molecule has 1 aromatic heterocycles. The molecule has 90 valence electrons. The van der Waals surface area contributed by atoms with Gasteiger partial charge in [-0.25, -0.2) is 4.79 Å². The molecule has 1 saturated heterocycles. The summed E-state index contributed by atoms with van der Waals surface area (Å²) >= 11 is 0. The highest BCUT2D eigenvalue weighted by Crippen LogP contribution is 2.27. The summed E-state index contributed by atoms with van der Waals surface area (Å²) in [7, 11) is 0. The molecule has 0 amide bonds. The summed E-state index contributed by atoms with van der Waals surface area (Å²) in [6.45, 7) is 0.683. The minimum atomic E-state index is -0.228. The van der Waals surface area contributed by atoms with E-state index in [0.717, 1.165) is 19.3 Å². The summed E-state index contributed by atoms with van der Waals surface area (Å²) in [5, 5.41) is 9.68. The van der Waals surface area contributed by atoms with Crippen LogP contribution in [0.15, 0.2) is 23.0 Å². The Bertz CT molecular complexity index is 593. The number of hydrogen-bond donors (Lipinski definition) is 2. The molecule has 2 heterocycles. The third-order valence-corrected chi connectivity index (χ3v) is 3.17. The molecule has 2 N–H and O–H groups in total. The van der Waals surface area contributed by atoms with Crippen LogP contribution in [0, 0.1) is 0 Å². The number of aromatic hydroxyl groups is 1. The Balaban J connectivity index is 2.18. The Labute approximate surface area is 97.6 Å². The normalized spacial score (nSPS) is 20.8. The second-order valence-electron chi connectivity index (χ2n) is 4.29. The first-order valence-electron chi connectivity index (χ1n) is 5.81. The van der Waals surface area contributed by atoms with Crippen LogP contribution in [0.2, 0.25) is 0 Å². The molecule has 1 fully saturated rings. The van der Waals surface area contributed by atoms with Crippen LogP contribution in [-0.4, -0.2) is 21.3 Å². The number of nitrogens with zero attached hydrogens (tertiary/aromatic N) is 1. The quantitative estimate of drug-likeness (QED) is 0.789. The largest absolute Gasteiger partial charge is 0.506 e. The highest BCUT2D eigenvalue weighted by atomic mass is 16.5. The summed E-state index contributed by atoms with van der Waals surface area (Å²) in [5.74, 6) is 0.0918. The average molecular weight is 234 g/mol. The number of hydrogen-bond acceptors (Lipinski definition) is 3. The van der Waals surface area contributed by atoms with Gasteiger partial charge in [0.2, 0.25) is 0 Å². The number of aromatic amines is 1. The maximum atomic E-state index is 11.9. The van der Waals surface area contributed by atoms with Gasteiger partial charge >= 0.3 is 5.69 Å². The third-order valence-electron chi connectivity index (χ3n) is 3.17. The smallest absolute Gasteiger partial charge is 0.328 e. The van der Waals surface area contributed by atoms with E-state index >= 15 is 0 Å². The van der Waals surface area contributed by atoms with Crippen LogP contribution >= 0.6 is 0 Å². The minimum Gasteiger partial charge on any atom is -0.506 e. The first kappa shape index (κ1) is 10.4. The molecule has 1 aromatic carbocycles. The molecular weight excluding hydrogens is 220 g/mol. The molecule has 5 nitrogen and oxygen atoms in total. The molecule has 0 aliphatic carbocycles. The van der Waals surface area contributed by atoms with Crippen LogP contribution in [-0.2, 0) is 4.74 Å². The van der Waals surface area contributed by atoms with Gasteiger partial charge in [0.25, 0.3) is 0 Å². The fourth-order valence-electron chi connectivity index (χ4n) is 2.35. The van der Waals surface area contributed by atoms with E-state index in [9.17, 15) is 9.90 Å². The maximum Gasteiger partial charge on any atom is 0.328 e. The van der Waals surface area contributed by atoms with Crippen molar-refractivity contribution in [1.82, 2.24) is 9.55 Å². The molecule has 0 spiro atoms. The number of aromatic nitrogens is 2. The van der Waals surface area contributed by atoms with Crippen molar-refractivity contribution >= 4 is 11.0 Å². The number of rotatable bonds is 1. The zero-order valence-electron chi connectivity index (χ0n) is 9.35. The van der Waals surface area contributed by atoms with Crippen LogP contribution in [0.25, 0.3) is 11.0 Å². The van der Waals surface area contributed by atoms with Crippen molar-refractivity contribution in [2.75, 3.05) is 6.61 Å². The number of nitrogens with one attached hydrogen (secondary N) is 1. The lowest BCUT2D eigenvalue weighted by molar-refractivity contribution is -0.0313. The van der Waals surface area contributed by atoms with E-state index in [0.29, 0.717) is 17.6 Å². The second kappa shape index (κ2) is 3.92. The molecule has 2 aromatic rings. The standard InChI is InChI=1S/C12H14N2O3/c15-9-5-3-4-8-11(9)13-12(16)14(8)10-6-1-2-7-17-10/h3-5,10,15H,1-2,6-7H2,(H,13,16). The molecule has 0 radical (unpaired) electrons. The van der Waals surface area contributed by atoms with Crippen LogP contribution in [0.5, 0.6) is 5.75 Å². The second-order valence-corrected chi connectivity index (χ2v) is 4.29. The lowest BCUT2D eigenvalue weighted by atomic mass is 10.2. The van der Waals surface area contributed by atoms with E-state index in [1.807, 2.05) is 6.07 Å². The molecule has 5 heteroatoms. The zero-order valence-corrected chi connectivity index (χ0v) is 9.35. The Morgan fingerprint density at radius 2 is 2.29 bits per heavy atom. The molecule has 0 bridgehead atoms. The van der Waals surface area contributed by atoms with Gasteiger partial charge in [-0.2, -0.15) is 0 Å². The van der Waals surface area contributed by atoms with Crippen molar-refractivity contribution in [3.8, 4) is 5.75 Å². The predicted molar refractivity (Wildman–Crippen MR) is 63.1 cm³/mol. The van der Waals surface area contributed by atoms with Crippen molar-refractivity contribution in [2.24, 2.45) is 0 Å². The maximum absolute atomic E-state index is 11.9. The number of phenols is 1. The fraction of sp³-hybridized carbons (Fsp3) is 0.417. The summed E-state index contributed by atoms with van der Waals surface area (Å²) < 4.78 is 7.20. The lowest BCUT2D eigenvalue weighted by Gasteiger charge is -2.23. The first-order chi connectivity index (χ1) is 8.27. The van der Waals surface area contributed by atoms with Crippen molar-refractivity contribution < 1.29 is 9.84 Å². The van der Waals surface area contributed by atoms with E-state index in [4.69, 9.17) is 4.74 Å². The van der Waals surface area contributed by atoms with Crippen molar-refractivity contribution in [2.45, 2.75) is 25.5 Å². The number of fused-ring (bicyclic) bond motifs is 1. The Kier molecular flexibility index (Phi) is 2.40. The lowest BCUT2D eigenvalue weighted by Crippen LogP contribution is -2.26. The van der Waals surface area contributed by atoms with Crippen LogP contribution in [0.4, 0.5) is 0 Å². The topological polar surface area (TPSA) is 67.2 Å². The van der Waals surface area contributed by atoms with Crippen molar-refractivity contribution in [3.63, 3.8) is 0 Å². The Morgan fingerprint density at radius 3 is 3.06 bits per heavy atom. The van der Waals surface area contributed by atoms with E-state index in [1.54, 1.807) is 16.7 Å². The number of para-hydroxylation sites is 1. The van der Waals surface area contributed by atoms with Crippen molar-refractivity contribution in [3.05, 3.63) is 28.7 Å². The number of phenolic OH excluding ortho intramolecular Hbond substituents is 1. The summed E-state index contributed by atoms with van der Waals surface area (Å²) in [5.41, 5.74) is 0.946. The van der Waals surface area contributed by atoms with Gasteiger partial charge in [0.1, 0.15) is 17.5 Å². The molecule has 1 aliphatic rings. The number of imidazole rings is 1. The molecule has 1 aliphatic heterocycles. The van der Waals surface area contributed by atoms with Crippen LogP contribution in [0.1, 0.15) is 25.5 Å². The molecule has 17 heavy (non-hydrogen) atoms. The summed E-state index contributed by atoms with van der Waals surface area (Å²) in [4.78, 5) is 14.6. The van der Waals surface area contributed by atoms with Gasteiger partial charge in [0.15, 0.2) is 0 Å². The molecule has 3 rings (SSSR count). The van der Waals surface area contributed by atoms with Gasteiger partial charge in [0, 0.05) is 6.61 Å². The summed E-state index contributed by atoms with van der Waals surface area (Å²) in [6, 6.07) is 5.10. The first-order valence-corrected chi connectivity index (χ1v) is 5.81. The summed E-state index contributed by atoms with van der Waals surface area (Å²) in [6.07, 6.45) is 2.72. The third kappa shape index (κ3) is 1.63. The van der Waals surface area contributed by atoms with Gasteiger partial charge in [-0.1, -0.05) is 6.07 Å². The molecule has 0 saturated carbocycles. The fourth-order valence-corrected chi connectivity index (χ4v) is 2.35. The minimum absolute atomic E-state index is 0.0918.